The molecule has 0 aliphatic carbocycles. The lowest BCUT2D eigenvalue weighted by Crippen LogP contribution is -2.42. The molecule has 108 valence electrons. The molecule has 1 saturated heterocycles. The van der Waals surface area contributed by atoms with E-state index in [0.29, 0.717) is 17.4 Å². The fourth-order valence-corrected chi connectivity index (χ4v) is 2.73. The molecule has 1 fully saturated rings. The van der Waals surface area contributed by atoms with Crippen molar-refractivity contribution in [1.29, 1.82) is 0 Å². The van der Waals surface area contributed by atoms with Crippen LogP contribution in [-0.2, 0) is 12.7 Å². The summed E-state index contributed by atoms with van der Waals surface area (Å²) >= 11 is 0. The molecule has 2 heterocycles. The van der Waals surface area contributed by atoms with E-state index >= 15 is 0 Å². The smallest absolute Gasteiger partial charge is 0.361 e. The highest BCUT2D eigenvalue weighted by molar-refractivity contribution is 5.87. The van der Waals surface area contributed by atoms with Crippen LogP contribution in [0.15, 0.2) is 24.4 Å². The van der Waals surface area contributed by atoms with Crippen LogP contribution in [0, 0.1) is 0 Å². The summed E-state index contributed by atoms with van der Waals surface area (Å²) in [6.07, 6.45) is -2.62. The van der Waals surface area contributed by atoms with Crippen LogP contribution in [0.1, 0.15) is 11.1 Å². The molecular weight excluding hydrogens is 267 g/mol. The maximum absolute atomic E-state index is 13.1. The van der Waals surface area contributed by atoms with Gasteiger partial charge in [-0.15, -0.1) is 0 Å². The van der Waals surface area contributed by atoms with E-state index in [4.69, 9.17) is 0 Å². The summed E-state index contributed by atoms with van der Waals surface area (Å²) in [6, 6.07) is 4.28. The molecule has 20 heavy (non-hydrogen) atoms. The van der Waals surface area contributed by atoms with Gasteiger partial charge in [0, 0.05) is 49.8 Å². The molecule has 2 aromatic rings. The minimum atomic E-state index is -4.32. The summed E-state index contributed by atoms with van der Waals surface area (Å²) in [5, 5.41) is 3.54. The Morgan fingerprint density at radius 3 is 2.60 bits per heavy atom. The molecule has 1 aliphatic heterocycles. The molecule has 0 spiro atoms. The number of nitrogens with one attached hydrogen (secondary N) is 2. The zero-order valence-corrected chi connectivity index (χ0v) is 10.9. The molecule has 3 rings (SSSR count). The maximum Gasteiger partial charge on any atom is 0.417 e. The standard InChI is InChI=1S/C14H16F3N3/c15-14(16,17)11-2-1-3-12-13(11)10(8-19-12)9-20-6-4-18-5-7-20/h1-3,8,18-19H,4-7,9H2. The molecule has 2 N–H and O–H groups in total. The summed E-state index contributed by atoms with van der Waals surface area (Å²) in [6.45, 7) is 4.04. The van der Waals surface area contributed by atoms with Crippen molar-refractivity contribution in [2.45, 2.75) is 12.7 Å². The van der Waals surface area contributed by atoms with Gasteiger partial charge in [0.1, 0.15) is 0 Å². The lowest BCUT2D eigenvalue weighted by atomic mass is 10.1. The molecule has 0 amide bonds. The van der Waals surface area contributed by atoms with Gasteiger partial charge in [-0.3, -0.25) is 4.90 Å². The van der Waals surface area contributed by atoms with E-state index in [0.717, 1.165) is 37.8 Å². The summed E-state index contributed by atoms with van der Waals surface area (Å²) in [5.41, 5.74) is 0.709. The first-order chi connectivity index (χ1) is 9.55. The number of benzene rings is 1. The number of H-pyrrole nitrogens is 1. The van der Waals surface area contributed by atoms with Crippen LogP contribution in [0.5, 0.6) is 0 Å². The third-order valence-corrected chi connectivity index (χ3v) is 3.70. The van der Waals surface area contributed by atoms with E-state index in [1.54, 1.807) is 12.3 Å². The van der Waals surface area contributed by atoms with Gasteiger partial charge in [-0.2, -0.15) is 13.2 Å². The first-order valence-electron chi connectivity index (χ1n) is 6.65. The molecule has 0 bridgehead atoms. The molecule has 0 radical (unpaired) electrons. The van der Waals surface area contributed by atoms with Gasteiger partial charge in [-0.1, -0.05) is 6.07 Å². The van der Waals surface area contributed by atoms with Crippen molar-refractivity contribution in [3.8, 4) is 0 Å². The van der Waals surface area contributed by atoms with Crippen LogP contribution in [-0.4, -0.2) is 36.1 Å². The molecule has 0 saturated carbocycles. The van der Waals surface area contributed by atoms with Crippen molar-refractivity contribution >= 4 is 10.9 Å². The number of nitrogens with zero attached hydrogens (tertiary/aromatic N) is 1. The number of alkyl halides is 3. The summed E-state index contributed by atoms with van der Waals surface area (Å²) in [4.78, 5) is 5.12. The third kappa shape index (κ3) is 2.53. The minimum Gasteiger partial charge on any atom is -0.361 e. The summed E-state index contributed by atoms with van der Waals surface area (Å²) in [7, 11) is 0. The fraction of sp³-hybridized carbons (Fsp3) is 0.429. The molecule has 0 atom stereocenters. The van der Waals surface area contributed by atoms with Crippen molar-refractivity contribution < 1.29 is 13.2 Å². The molecule has 0 unspecified atom stereocenters. The molecule has 1 aromatic carbocycles. The topological polar surface area (TPSA) is 31.1 Å². The average molecular weight is 283 g/mol. The van der Waals surface area contributed by atoms with E-state index in [2.05, 4.69) is 15.2 Å². The first-order valence-corrected chi connectivity index (χ1v) is 6.65. The predicted octanol–water partition coefficient (Wildman–Crippen LogP) is 2.59. The predicted molar refractivity (Wildman–Crippen MR) is 71.4 cm³/mol. The largest absolute Gasteiger partial charge is 0.417 e. The number of piperazine rings is 1. The number of rotatable bonds is 2. The second-order valence-corrected chi connectivity index (χ2v) is 5.07. The zero-order valence-electron chi connectivity index (χ0n) is 10.9. The van der Waals surface area contributed by atoms with Gasteiger partial charge in [0.15, 0.2) is 0 Å². The number of hydrogen-bond donors (Lipinski definition) is 2. The normalized spacial score (nSPS) is 17.8. The lowest BCUT2D eigenvalue weighted by Gasteiger charge is -2.27. The first kappa shape index (κ1) is 13.5. The van der Waals surface area contributed by atoms with Crippen molar-refractivity contribution in [3.05, 3.63) is 35.5 Å². The van der Waals surface area contributed by atoms with E-state index in [1.807, 2.05) is 0 Å². The summed E-state index contributed by atoms with van der Waals surface area (Å²) in [5.74, 6) is 0. The van der Waals surface area contributed by atoms with Crippen LogP contribution in [0.3, 0.4) is 0 Å². The zero-order chi connectivity index (χ0) is 14.2. The lowest BCUT2D eigenvalue weighted by molar-refractivity contribution is -0.136. The van der Waals surface area contributed by atoms with E-state index < -0.39 is 11.7 Å². The van der Waals surface area contributed by atoms with Crippen LogP contribution < -0.4 is 5.32 Å². The molecular formula is C14H16F3N3. The van der Waals surface area contributed by atoms with E-state index in [-0.39, 0.29) is 0 Å². The van der Waals surface area contributed by atoms with E-state index in [9.17, 15) is 13.2 Å². The third-order valence-electron chi connectivity index (χ3n) is 3.70. The Balaban J connectivity index is 1.98. The Morgan fingerprint density at radius 2 is 1.90 bits per heavy atom. The average Bonchev–Trinajstić information content (AvgIpc) is 2.82. The Morgan fingerprint density at radius 1 is 1.15 bits per heavy atom. The van der Waals surface area contributed by atoms with Crippen LogP contribution in [0.4, 0.5) is 13.2 Å². The van der Waals surface area contributed by atoms with E-state index in [1.165, 1.54) is 6.07 Å². The van der Waals surface area contributed by atoms with Gasteiger partial charge in [-0.05, 0) is 17.7 Å². The molecule has 3 nitrogen and oxygen atoms in total. The fourth-order valence-electron chi connectivity index (χ4n) is 2.73. The van der Waals surface area contributed by atoms with Gasteiger partial charge in [-0.25, -0.2) is 0 Å². The molecule has 1 aliphatic rings. The van der Waals surface area contributed by atoms with Crippen LogP contribution >= 0.6 is 0 Å². The van der Waals surface area contributed by atoms with Gasteiger partial charge in [0.25, 0.3) is 0 Å². The second-order valence-electron chi connectivity index (χ2n) is 5.07. The Kier molecular flexibility index (Phi) is 3.43. The highest BCUT2D eigenvalue weighted by Gasteiger charge is 2.33. The van der Waals surface area contributed by atoms with Crippen molar-refractivity contribution in [2.75, 3.05) is 26.2 Å². The van der Waals surface area contributed by atoms with Crippen LogP contribution in [0.25, 0.3) is 10.9 Å². The van der Waals surface area contributed by atoms with Crippen molar-refractivity contribution in [3.63, 3.8) is 0 Å². The van der Waals surface area contributed by atoms with Gasteiger partial charge >= 0.3 is 6.18 Å². The molecule has 6 heteroatoms. The molecule has 1 aromatic heterocycles. The van der Waals surface area contributed by atoms with Gasteiger partial charge in [0.2, 0.25) is 0 Å². The quantitative estimate of drug-likeness (QED) is 0.887. The van der Waals surface area contributed by atoms with Gasteiger partial charge in [0.05, 0.1) is 5.56 Å². The summed E-state index contributed by atoms with van der Waals surface area (Å²) < 4.78 is 39.3. The Labute approximate surface area is 114 Å². The highest BCUT2D eigenvalue weighted by atomic mass is 19.4. The van der Waals surface area contributed by atoms with Gasteiger partial charge < -0.3 is 10.3 Å². The number of aromatic nitrogens is 1. The minimum absolute atomic E-state index is 0.304. The monoisotopic (exact) mass is 283 g/mol. The van der Waals surface area contributed by atoms with Crippen molar-refractivity contribution in [2.24, 2.45) is 0 Å². The maximum atomic E-state index is 13.1. The Hall–Kier alpha value is -1.53. The number of hydrogen-bond acceptors (Lipinski definition) is 2. The number of fused-ring (bicyclic) bond motifs is 1. The Bertz CT molecular complexity index is 597. The number of halogens is 3. The highest BCUT2D eigenvalue weighted by Crippen LogP contribution is 2.36. The number of aromatic amines is 1. The van der Waals surface area contributed by atoms with Crippen LogP contribution in [0.2, 0.25) is 0 Å². The van der Waals surface area contributed by atoms with Crippen molar-refractivity contribution in [1.82, 2.24) is 15.2 Å². The SMILES string of the molecule is FC(F)(F)c1cccc2[nH]cc(CN3CCNCC3)c12. The second kappa shape index (κ2) is 5.10.